The van der Waals surface area contributed by atoms with E-state index in [9.17, 15) is 9.59 Å². The average Bonchev–Trinajstić information content (AvgIpc) is 2.19. The van der Waals surface area contributed by atoms with E-state index in [1.165, 1.54) is 6.33 Å². The number of nitrogens with zero attached hydrogens (tertiary/aromatic N) is 1. The number of nitrogens with one attached hydrogen (secondary N) is 2. The number of carboxylic acid groups (broad SMARTS) is 1. The molecule has 15 heavy (non-hydrogen) atoms. The number of anilines is 2. The summed E-state index contributed by atoms with van der Waals surface area (Å²) < 4.78 is 0. The molecule has 1 aromatic heterocycles. The topological polar surface area (TPSA) is 121 Å². The monoisotopic (exact) mass is 212 g/mol. The van der Waals surface area contributed by atoms with Gasteiger partial charge in [-0.1, -0.05) is 6.92 Å². The van der Waals surface area contributed by atoms with E-state index in [1.807, 2.05) is 0 Å². The first kappa shape index (κ1) is 11.0. The minimum atomic E-state index is -0.925. The van der Waals surface area contributed by atoms with Crippen molar-refractivity contribution in [1.82, 2.24) is 9.97 Å². The second-order valence-electron chi connectivity index (χ2n) is 3.11. The molecule has 1 atom stereocenters. The van der Waals surface area contributed by atoms with Gasteiger partial charge >= 0.3 is 5.97 Å². The van der Waals surface area contributed by atoms with Crippen LogP contribution in [-0.4, -0.2) is 27.6 Å². The Balaban J connectivity index is 2.70. The maximum atomic E-state index is 11.0. The average molecular weight is 212 g/mol. The first-order valence-electron chi connectivity index (χ1n) is 4.32. The summed E-state index contributed by atoms with van der Waals surface area (Å²) in [6.07, 6.45) is 1.20. The van der Waals surface area contributed by atoms with Gasteiger partial charge in [0.25, 0.3) is 5.56 Å². The largest absolute Gasteiger partial charge is 0.481 e. The minimum absolute atomic E-state index is 0.0462. The first-order valence-corrected chi connectivity index (χ1v) is 4.32. The zero-order valence-corrected chi connectivity index (χ0v) is 8.15. The number of hydrogen-bond donors (Lipinski definition) is 4. The number of carbonyl (C=O) groups is 1. The Labute approximate surface area is 85.3 Å². The SMILES string of the molecule is CC(CNc1nc[nH]c(=O)c1N)C(=O)O. The van der Waals surface area contributed by atoms with Crippen LogP contribution in [0, 0.1) is 5.92 Å². The van der Waals surface area contributed by atoms with E-state index in [1.54, 1.807) is 6.92 Å². The predicted octanol–water partition coefficient (Wildman–Crippen LogP) is -0.515. The van der Waals surface area contributed by atoms with Crippen molar-refractivity contribution in [3.05, 3.63) is 16.7 Å². The summed E-state index contributed by atoms with van der Waals surface area (Å²) in [4.78, 5) is 27.6. The van der Waals surface area contributed by atoms with Crippen molar-refractivity contribution in [2.75, 3.05) is 17.6 Å². The lowest BCUT2D eigenvalue weighted by Crippen LogP contribution is -2.22. The first-order chi connectivity index (χ1) is 7.02. The number of rotatable bonds is 4. The number of nitrogen functional groups attached to an aromatic ring is 1. The molecule has 1 aromatic rings. The van der Waals surface area contributed by atoms with Crippen LogP contribution in [0.2, 0.25) is 0 Å². The molecule has 0 spiro atoms. The van der Waals surface area contributed by atoms with Crippen molar-refractivity contribution >= 4 is 17.5 Å². The Kier molecular flexibility index (Phi) is 3.27. The van der Waals surface area contributed by atoms with Gasteiger partial charge in [-0.3, -0.25) is 9.59 Å². The van der Waals surface area contributed by atoms with Crippen LogP contribution in [0.3, 0.4) is 0 Å². The van der Waals surface area contributed by atoms with Crippen LogP contribution in [0.1, 0.15) is 6.92 Å². The molecule has 0 saturated carbocycles. The summed E-state index contributed by atoms with van der Waals surface area (Å²) in [7, 11) is 0. The highest BCUT2D eigenvalue weighted by molar-refractivity contribution is 5.70. The van der Waals surface area contributed by atoms with Crippen LogP contribution in [-0.2, 0) is 4.79 Å². The highest BCUT2D eigenvalue weighted by Crippen LogP contribution is 2.08. The Morgan fingerprint density at radius 1 is 1.80 bits per heavy atom. The van der Waals surface area contributed by atoms with Crippen LogP contribution >= 0.6 is 0 Å². The minimum Gasteiger partial charge on any atom is -0.481 e. The molecule has 0 radical (unpaired) electrons. The number of nitrogens with two attached hydrogens (primary N) is 1. The Hall–Kier alpha value is -2.05. The van der Waals surface area contributed by atoms with E-state index in [0.29, 0.717) is 0 Å². The lowest BCUT2D eigenvalue weighted by molar-refractivity contribution is -0.140. The van der Waals surface area contributed by atoms with Crippen LogP contribution in [0.5, 0.6) is 0 Å². The maximum Gasteiger partial charge on any atom is 0.308 e. The molecule has 1 heterocycles. The molecule has 1 rings (SSSR count). The van der Waals surface area contributed by atoms with Crippen LogP contribution in [0.15, 0.2) is 11.1 Å². The molecule has 0 aliphatic carbocycles. The fraction of sp³-hybridized carbons (Fsp3) is 0.375. The third-order valence-electron chi connectivity index (χ3n) is 1.89. The van der Waals surface area contributed by atoms with E-state index >= 15 is 0 Å². The molecule has 0 fully saturated rings. The zero-order valence-electron chi connectivity index (χ0n) is 8.15. The van der Waals surface area contributed by atoms with Crippen LogP contribution in [0.4, 0.5) is 11.5 Å². The van der Waals surface area contributed by atoms with Crippen molar-refractivity contribution in [2.45, 2.75) is 6.92 Å². The van der Waals surface area contributed by atoms with Crippen molar-refractivity contribution in [3.8, 4) is 0 Å². The quantitative estimate of drug-likeness (QED) is 0.533. The highest BCUT2D eigenvalue weighted by Gasteiger charge is 2.11. The van der Waals surface area contributed by atoms with Crippen LogP contribution < -0.4 is 16.6 Å². The van der Waals surface area contributed by atoms with Crippen LogP contribution in [0.25, 0.3) is 0 Å². The Morgan fingerprint density at radius 3 is 3.07 bits per heavy atom. The van der Waals surface area contributed by atoms with Gasteiger partial charge in [0, 0.05) is 6.54 Å². The number of aromatic amines is 1. The molecular formula is C8H12N4O3. The van der Waals surface area contributed by atoms with Gasteiger partial charge in [0.15, 0.2) is 5.82 Å². The zero-order chi connectivity index (χ0) is 11.4. The van der Waals surface area contributed by atoms with Gasteiger partial charge in [-0.2, -0.15) is 0 Å². The van der Waals surface area contributed by atoms with Gasteiger partial charge in [0.05, 0.1) is 12.2 Å². The summed E-state index contributed by atoms with van der Waals surface area (Å²) in [5.41, 5.74) is 4.93. The third-order valence-corrected chi connectivity index (χ3v) is 1.89. The molecule has 1 unspecified atom stereocenters. The normalized spacial score (nSPS) is 12.1. The lowest BCUT2D eigenvalue weighted by atomic mass is 10.2. The molecule has 7 nitrogen and oxygen atoms in total. The van der Waals surface area contributed by atoms with E-state index < -0.39 is 17.4 Å². The van der Waals surface area contributed by atoms with Gasteiger partial charge < -0.3 is 21.1 Å². The van der Waals surface area contributed by atoms with Crippen molar-refractivity contribution in [3.63, 3.8) is 0 Å². The Bertz CT molecular complexity index is 415. The standard InChI is InChI=1S/C8H12N4O3/c1-4(8(14)15)2-10-6-5(9)7(13)12-3-11-6/h3-4H,2,9H2,1H3,(H,14,15)(H2,10,11,12,13). The van der Waals surface area contributed by atoms with Crippen molar-refractivity contribution in [1.29, 1.82) is 0 Å². The summed E-state index contributed by atoms with van der Waals surface area (Å²) in [6.45, 7) is 1.70. The van der Waals surface area contributed by atoms with Gasteiger partial charge in [-0.25, -0.2) is 4.98 Å². The second-order valence-corrected chi connectivity index (χ2v) is 3.11. The molecule has 0 bridgehead atoms. The fourth-order valence-electron chi connectivity index (χ4n) is 0.888. The molecule has 0 amide bonds. The smallest absolute Gasteiger partial charge is 0.308 e. The summed E-state index contributed by atoms with van der Waals surface area (Å²) in [6, 6.07) is 0. The fourth-order valence-corrected chi connectivity index (χ4v) is 0.888. The van der Waals surface area contributed by atoms with E-state index in [-0.39, 0.29) is 18.1 Å². The van der Waals surface area contributed by atoms with Crippen molar-refractivity contribution in [2.24, 2.45) is 5.92 Å². The summed E-state index contributed by atoms with van der Waals surface area (Å²) in [5, 5.41) is 11.3. The molecule has 0 saturated heterocycles. The van der Waals surface area contributed by atoms with Gasteiger partial charge in [-0.05, 0) is 0 Å². The maximum absolute atomic E-state index is 11.0. The number of carboxylic acids is 1. The predicted molar refractivity (Wildman–Crippen MR) is 54.6 cm³/mol. The molecule has 5 N–H and O–H groups in total. The second kappa shape index (κ2) is 4.45. The summed E-state index contributed by atoms with van der Waals surface area (Å²) in [5.74, 6) is -1.30. The van der Waals surface area contributed by atoms with E-state index in [2.05, 4.69) is 15.3 Å². The molecule has 82 valence electrons. The molecular weight excluding hydrogens is 200 g/mol. The van der Waals surface area contributed by atoms with E-state index in [4.69, 9.17) is 10.8 Å². The van der Waals surface area contributed by atoms with Gasteiger partial charge in [0.1, 0.15) is 5.69 Å². The molecule has 0 aliphatic rings. The van der Waals surface area contributed by atoms with E-state index in [0.717, 1.165) is 0 Å². The molecule has 0 aromatic carbocycles. The highest BCUT2D eigenvalue weighted by atomic mass is 16.4. The number of aliphatic carboxylic acids is 1. The van der Waals surface area contributed by atoms with Gasteiger partial charge in [-0.15, -0.1) is 0 Å². The number of H-pyrrole nitrogens is 1. The molecule has 7 heteroatoms. The summed E-state index contributed by atoms with van der Waals surface area (Å²) >= 11 is 0. The number of aromatic nitrogens is 2. The van der Waals surface area contributed by atoms with Crippen molar-refractivity contribution < 1.29 is 9.90 Å². The Morgan fingerprint density at radius 2 is 2.47 bits per heavy atom. The molecule has 0 aliphatic heterocycles. The lowest BCUT2D eigenvalue weighted by Gasteiger charge is -2.09. The third kappa shape index (κ3) is 2.70. The van der Waals surface area contributed by atoms with Gasteiger partial charge in [0.2, 0.25) is 0 Å². The number of hydrogen-bond acceptors (Lipinski definition) is 5.